The maximum atomic E-state index is 11.7. The second-order valence-electron chi connectivity index (χ2n) is 4.52. The molecule has 2 heterocycles. The summed E-state index contributed by atoms with van der Waals surface area (Å²) in [6, 6.07) is 1.54. The van der Waals surface area contributed by atoms with E-state index in [9.17, 15) is 9.59 Å². The number of carbonyl (C=O) groups is 2. The summed E-state index contributed by atoms with van der Waals surface area (Å²) in [6.45, 7) is 2.13. The quantitative estimate of drug-likeness (QED) is 0.718. The number of furan rings is 1. The van der Waals surface area contributed by atoms with Crippen LogP contribution in [0.3, 0.4) is 0 Å². The Bertz CT molecular complexity index is 651. The lowest BCUT2D eigenvalue weighted by atomic mass is 10.2. The van der Waals surface area contributed by atoms with Gasteiger partial charge in [-0.05, 0) is 13.0 Å². The highest BCUT2D eigenvalue weighted by Gasteiger charge is 2.14. The van der Waals surface area contributed by atoms with E-state index in [1.54, 1.807) is 29.2 Å². The summed E-state index contributed by atoms with van der Waals surface area (Å²) in [5.74, 6) is 0.110. The highest BCUT2D eigenvalue weighted by atomic mass is 32.2. The van der Waals surface area contributed by atoms with Gasteiger partial charge in [-0.3, -0.25) is 4.79 Å². The Morgan fingerprint density at radius 1 is 1.50 bits per heavy atom. The molecule has 0 spiro atoms. The van der Waals surface area contributed by atoms with E-state index in [0.29, 0.717) is 17.7 Å². The van der Waals surface area contributed by atoms with Gasteiger partial charge < -0.3 is 14.8 Å². The van der Waals surface area contributed by atoms with Gasteiger partial charge in [-0.2, -0.15) is 11.8 Å². The number of aryl methyl sites for hydroxylation is 1. The molecule has 2 aromatic rings. The molecule has 0 aliphatic rings. The maximum Gasteiger partial charge on any atom is 0.372 e. The van der Waals surface area contributed by atoms with Gasteiger partial charge in [-0.25, -0.2) is 9.78 Å². The summed E-state index contributed by atoms with van der Waals surface area (Å²) in [5, 5.41) is 14.6. The van der Waals surface area contributed by atoms with E-state index >= 15 is 0 Å². The number of thiazole rings is 1. The number of hydrogen-bond acceptors (Lipinski definition) is 6. The number of nitrogens with zero attached hydrogens (tertiary/aromatic N) is 1. The molecule has 2 aromatic heterocycles. The summed E-state index contributed by atoms with van der Waals surface area (Å²) in [4.78, 5) is 26.9. The molecule has 0 saturated heterocycles. The van der Waals surface area contributed by atoms with Crippen molar-refractivity contribution < 1.29 is 19.1 Å². The van der Waals surface area contributed by atoms with Crippen LogP contribution in [-0.4, -0.2) is 27.7 Å². The molecule has 0 atom stereocenters. The molecule has 1 amide bonds. The van der Waals surface area contributed by atoms with Crippen molar-refractivity contribution in [1.82, 2.24) is 10.3 Å². The number of aromatic carboxylic acids is 1. The van der Waals surface area contributed by atoms with Gasteiger partial charge in [0.1, 0.15) is 0 Å². The fourth-order valence-corrected chi connectivity index (χ4v) is 3.31. The zero-order valence-electron chi connectivity index (χ0n) is 12.0. The van der Waals surface area contributed by atoms with Gasteiger partial charge in [-0.1, -0.05) is 0 Å². The Labute approximate surface area is 135 Å². The molecule has 0 unspecified atom stereocenters. The van der Waals surface area contributed by atoms with E-state index in [4.69, 9.17) is 9.52 Å². The molecule has 0 aliphatic heterocycles. The summed E-state index contributed by atoms with van der Waals surface area (Å²) in [7, 11) is 0. The standard InChI is InChI=1S/C14H16N2O4S2/c1-9-16-11(8-22-9)7-21-5-3-12(17)15-6-10-2-4-20-13(10)14(18)19/h2,4,8H,3,5-7H2,1H3,(H,15,17)(H,18,19). The van der Waals surface area contributed by atoms with E-state index < -0.39 is 5.97 Å². The monoisotopic (exact) mass is 340 g/mol. The Hall–Kier alpha value is -1.80. The number of carboxylic acids is 1. The summed E-state index contributed by atoms with van der Waals surface area (Å²) in [6.07, 6.45) is 1.69. The van der Waals surface area contributed by atoms with Crippen molar-refractivity contribution in [2.24, 2.45) is 0 Å². The van der Waals surface area contributed by atoms with Gasteiger partial charge >= 0.3 is 5.97 Å². The van der Waals surface area contributed by atoms with Crippen LogP contribution in [0.4, 0.5) is 0 Å². The van der Waals surface area contributed by atoms with Crippen LogP contribution in [-0.2, 0) is 17.1 Å². The van der Waals surface area contributed by atoms with Crippen LogP contribution in [0.25, 0.3) is 0 Å². The Kier molecular flexibility index (Phi) is 6.02. The third kappa shape index (κ3) is 4.88. The normalized spacial score (nSPS) is 10.6. The van der Waals surface area contributed by atoms with E-state index in [2.05, 4.69) is 10.3 Å². The molecule has 0 saturated carbocycles. The number of thioether (sulfide) groups is 1. The van der Waals surface area contributed by atoms with Gasteiger partial charge in [0.05, 0.1) is 17.0 Å². The smallest absolute Gasteiger partial charge is 0.372 e. The molecular formula is C14H16N2O4S2. The maximum absolute atomic E-state index is 11.7. The van der Waals surface area contributed by atoms with Crippen LogP contribution in [0.15, 0.2) is 22.1 Å². The zero-order chi connectivity index (χ0) is 15.9. The SMILES string of the molecule is Cc1nc(CSCCC(=O)NCc2ccoc2C(=O)O)cs1. The fraction of sp³-hybridized carbons (Fsp3) is 0.357. The first kappa shape index (κ1) is 16.6. The Morgan fingerprint density at radius 3 is 3.00 bits per heavy atom. The number of carbonyl (C=O) groups excluding carboxylic acids is 1. The molecule has 8 heteroatoms. The van der Waals surface area contributed by atoms with Crippen molar-refractivity contribution in [3.63, 3.8) is 0 Å². The van der Waals surface area contributed by atoms with Crippen LogP contribution in [0.1, 0.15) is 33.2 Å². The van der Waals surface area contributed by atoms with Gasteiger partial charge in [0.15, 0.2) is 0 Å². The Morgan fingerprint density at radius 2 is 2.32 bits per heavy atom. The number of nitrogens with one attached hydrogen (secondary N) is 1. The van der Waals surface area contributed by atoms with Crippen molar-refractivity contribution in [3.05, 3.63) is 39.7 Å². The molecule has 118 valence electrons. The molecule has 0 bridgehead atoms. The highest BCUT2D eigenvalue weighted by molar-refractivity contribution is 7.98. The minimum Gasteiger partial charge on any atom is -0.475 e. The van der Waals surface area contributed by atoms with Gasteiger partial charge in [0.2, 0.25) is 11.7 Å². The number of aromatic nitrogens is 1. The third-order valence-electron chi connectivity index (χ3n) is 2.81. The number of amides is 1. The van der Waals surface area contributed by atoms with Crippen LogP contribution in [0.2, 0.25) is 0 Å². The molecule has 0 radical (unpaired) electrons. The molecule has 0 fully saturated rings. The molecule has 22 heavy (non-hydrogen) atoms. The number of rotatable bonds is 8. The highest BCUT2D eigenvalue weighted by Crippen LogP contribution is 2.16. The van der Waals surface area contributed by atoms with Crippen molar-refractivity contribution in [1.29, 1.82) is 0 Å². The minimum atomic E-state index is -1.14. The topological polar surface area (TPSA) is 92.4 Å². The summed E-state index contributed by atoms with van der Waals surface area (Å²) in [5.41, 5.74) is 1.50. The second-order valence-corrected chi connectivity index (χ2v) is 6.68. The molecular weight excluding hydrogens is 324 g/mol. The predicted octanol–water partition coefficient (Wildman–Crippen LogP) is 2.68. The predicted molar refractivity (Wildman–Crippen MR) is 85.1 cm³/mol. The first-order chi connectivity index (χ1) is 10.6. The van der Waals surface area contributed by atoms with E-state index in [-0.39, 0.29) is 18.2 Å². The van der Waals surface area contributed by atoms with Crippen molar-refractivity contribution in [2.75, 3.05) is 5.75 Å². The van der Waals surface area contributed by atoms with Crippen molar-refractivity contribution >= 4 is 35.0 Å². The molecule has 6 nitrogen and oxygen atoms in total. The average Bonchev–Trinajstić information content (AvgIpc) is 3.10. The van der Waals surface area contributed by atoms with E-state index in [1.165, 1.54) is 6.26 Å². The van der Waals surface area contributed by atoms with Gasteiger partial charge in [0, 0.05) is 35.4 Å². The number of carboxylic acid groups (broad SMARTS) is 1. The molecule has 0 aromatic carbocycles. The second kappa shape index (κ2) is 8.00. The van der Waals surface area contributed by atoms with Crippen LogP contribution >= 0.6 is 23.1 Å². The fourth-order valence-electron chi connectivity index (χ4n) is 1.76. The third-order valence-corrected chi connectivity index (χ3v) is 4.62. The Balaban J connectivity index is 1.65. The number of hydrogen-bond donors (Lipinski definition) is 2. The van der Waals surface area contributed by atoms with Gasteiger partial charge in [-0.15, -0.1) is 11.3 Å². The molecule has 0 aliphatic carbocycles. The largest absolute Gasteiger partial charge is 0.475 e. The first-order valence-electron chi connectivity index (χ1n) is 6.61. The summed E-state index contributed by atoms with van der Waals surface area (Å²) < 4.78 is 4.85. The minimum absolute atomic E-state index is 0.112. The van der Waals surface area contributed by atoms with E-state index in [0.717, 1.165) is 16.5 Å². The zero-order valence-corrected chi connectivity index (χ0v) is 13.6. The first-order valence-corrected chi connectivity index (χ1v) is 8.65. The average molecular weight is 340 g/mol. The van der Waals surface area contributed by atoms with Crippen molar-refractivity contribution in [2.45, 2.75) is 25.6 Å². The van der Waals surface area contributed by atoms with Crippen LogP contribution < -0.4 is 5.32 Å². The molecule has 2 rings (SSSR count). The van der Waals surface area contributed by atoms with Crippen LogP contribution in [0, 0.1) is 6.92 Å². The van der Waals surface area contributed by atoms with Gasteiger partial charge in [0.25, 0.3) is 0 Å². The van der Waals surface area contributed by atoms with Crippen LogP contribution in [0.5, 0.6) is 0 Å². The lowest BCUT2D eigenvalue weighted by Gasteiger charge is -2.04. The van der Waals surface area contributed by atoms with E-state index in [1.807, 2.05) is 12.3 Å². The lowest BCUT2D eigenvalue weighted by molar-refractivity contribution is -0.120. The lowest BCUT2D eigenvalue weighted by Crippen LogP contribution is -2.23. The molecule has 2 N–H and O–H groups in total. The van der Waals surface area contributed by atoms with Crippen molar-refractivity contribution in [3.8, 4) is 0 Å². The summed E-state index contributed by atoms with van der Waals surface area (Å²) >= 11 is 3.27.